The van der Waals surface area contributed by atoms with Gasteiger partial charge in [-0.15, -0.1) is 0 Å². The maximum absolute atomic E-state index is 13.1. The van der Waals surface area contributed by atoms with E-state index in [1.807, 2.05) is 0 Å². The van der Waals surface area contributed by atoms with Gasteiger partial charge in [0.1, 0.15) is 17.2 Å². The van der Waals surface area contributed by atoms with Crippen LogP contribution in [0.3, 0.4) is 0 Å². The molecule has 0 radical (unpaired) electrons. The minimum absolute atomic E-state index is 0. The molecule has 3 aromatic carbocycles. The van der Waals surface area contributed by atoms with E-state index in [9.17, 15) is 27.9 Å². The van der Waals surface area contributed by atoms with Crippen molar-refractivity contribution in [1.82, 2.24) is 0 Å². The Balaban J connectivity index is 0.00000380. The monoisotopic (exact) mass is 540 g/mol. The number of aryl methyl sites for hydroxylation is 1. The first-order valence-corrected chi connectivity index (χ1v) is 11.6. The van der Waals surface area contributed by atoms with Gasteiger partial charge in [0.2, 0.25) is 0 Å². The molecule has 1 aliphatic rings. The van der Waals surface area contributed by atoms with Crippen LogP contribution < -0.4 is 44.1 Å². The molecule has 0 amide bonds. The Morgan fingerprint density at radius 1 is 1.08 bits per heavy atom. The summed E-state index contributed by atoms with van der Waals surface area (Å²) in [6.07, 6.45) is -3.63. The number of hydrogen-bond donors (Lipinski definition) is 0. The molecule has 0 aliphatic carbocycles. The van der Waals surface area contributed by atoms with E-state index < -0.39 is 23.6 Å². The number of halogens is 4. The predicted octanol–water partition coefficient (Wildman–Crippen LogP) is 2.98. The Kier molecular flexibility index (Phi) is 9.69. The van der Waals surface area contributed by atoms with Crippen molar-refractivity contribution in [3.05, 3.63) is 87.9 Å². The Morgan fingerprint density at radius 2 is 1.78 bits per heavy atom. The molecule has 1 aliphatic heterocycles. The third kappa shape index (κ3) is 7.08. The first kappa shape index (κ1) is 29.0. The fourth-order valence-corrected chi connectivity index (χ4v) is 4.36. The molecule has 1 atom stereocenters. The molecule has 3 aromatic rings. The molecular formula is C27H21ClF3NaO5. The summed E-state index contributed by atoms with van der Waals surface area (Å²) < 4.78 is 50.7. The van der Waals surface area contributed by atoms with Crippen molar-refractivity contribution in [1.29, 1.82) is 0 Å². The second-order valence-corrected chi connectivity index (χ2v) is 8.79. The average Bonchev–Trinajstić information content (AvgIpc) is 2.84. The van der Waals surface area contributed by atoms with Gasteiger partial charge in [-0.25, -0.2) is 0 Å². The summed E-state index contributed by atoms with van der Waals surface area (Å²) in [6.45, 7) is 0.227. The number of hydrogen-bond acceptors (Lipinski definition) is 5. The molecule has 0 bridgehead atoms. The van der Waals surface area contributed by atoms with Crippen molar-refractivity contribution < 1.29 is 66.9 Å². The number of Topliss-reactive ketones (excluding diaryl/α,β-unsaturated/α-hetero) is 1. The molecular weight excluding hydrogens is 520 g/mol. The minimum atomic E-state index is -4.43. The number of carboxylic acid groups (broad SMARTS) is 1. The zero-order valence-corrected chi connectivity index (χ0v) is 22.7. The molecule has 188 valence electrons. The number of carbonyl (C=O) groups excluding carboxylic acids is 2. The van der Waals surface area contributed by atoms with Gasteiger partial charge in [0.05, 0.1) is 17.2 Å². The van der Waals surface area contributed by atoms with Gasteiger partial charge in [0.15, 0.2) is 5.78 Å². The van der Waals surface area contributed by atoms with E-state index in [0.29, 0.717) is 22.6 Å². The van der Waals surface area contributed by atoms with Crippen LogP contribution in [0.1, 0.15) is 52.2 Å². The van der Waals surface area contributed by atoms with Crippen LogP contribution in [0.15, 0.2) is 60.7 Å². The number of benzene rings is 3. The fourth-order valence-electron chi connectivity index (χ4n) is 4.15. The summed E-state index contributed by atoms with van der Waals surface area (Å²) in [5, 5.41) is 11.6. The third-order valence-electron chi connectivity index (χ3n) is 5.97. The van der Waals surface area contributed by atoms with Crippen LogP contribution >= 0.6 is 11.6 Å². The minimum Gasteiger partial charge on any atom is -0.549 e. The first-order valence-electron chi connectivity index (χ1n) is 11.3. The van der Waals surface area contributed by atoms with Crippen molar-refractivity contribution in [3.63, 3.8) is 0 Å². The van der Waals surface area contributed by atoms with Crippen molar-refractivity contribution in [3.8, 4) is 17.2 Å². The van der Waals surface area contributed by atoms with E-state index in [-0.39, 0.29) is 84.0 Å². The van der Waals surface area contributed by atoms with Gasteiger partial charge in [-0.05, 0) is 61.2 Å². The molecule has 37 heavy (non-hydrogen) atoms. The van der Waals surface area contributed by atoms with Crippen LogP contribution in [-0.4, -0.2) is 18.4 Å². The number of fused-ring (bicyclic) bond motifs is 1. The second kappa shape index (κ2) is 12.3. The molecule has 0 saturated carbocycles. The van der Waals surface area contributed by atoms with Gasteiger partial charge in [0.25, 0.3) is 0 Å². The van der Waals surface area contributed by atoms with Crippen molar-refractivity contribution in [2.45, 2.75) is 37.8 Å². The summed E-state index contributed by atoms with van der Waals surface area (Å²) in [6, 6.07) is 14.6. The molecule has 0 N–H and O–H groups in total. The Bertz CT molecular complexity index is 1280. The number of carboxylic acids is 1. The van der Waals surface area contributed by atoms with Gasteiger partial charge in [-0.2, -0.15) is 13.2 Å². The van der Waals surface area contributed by atoms with E-state index >= 15 is 0 Å². The maximum Gasteiger partial charge on any atom is 1.00 e. The first-order chi connectivity index (χ1) is 17.1. The normalized spacial score (nSPS) is 14.6. The number of alkyl halides is 3. The number of aliphatic carboxylic acids is 1. The summed E-state index contributed by atoms with van der Waals surface area (Å²) in [5.74, 6) is -1.20. The molecule has 0 aromatic heterocycles. The number of carbonyl (C=O) groups is 2. The molecule has 10 heteroatoms. The largest absolute Gasteiger partial charge is 1.00 e. The zero-order valence-electron chi connectivity index (χ0n) is 19.9. The van der Waals surface area contributed by atoms with Gasteiger partial charge in [-0.3, -0.25) is 4.79 Å². The van der Waals surface area contributed by atoms with Crippen LogP contribution in [0.4, 0.5) is 13.2 Å². The van der Waals surface area contributed by atoms with Gasteiger partial charge in [0, 0.05) is 35.5 Å². The molecule has 0 spiro atoms. The molecule has 5 nitrogen and oxygen atoms in total. The number of ether oxygens (including phenoxy) is 2. The quantitative estimate of drug-likeness (QED) is 0.324. The van der Waals surface area contributed by atoms with Crippen molar-refractivity contribution in [2.75, 3.05) is 6.61 Å². The van der Waals surface area contributed by atoms with Crippen molar-refractivity contribution >= 4 is 23.4 Å². The molecule has 0 fully saturated rings. The number of rotatable bonds is 8. The summed E-state index contributed by atoms with van der Waals surface area (Å²) in [5.41, 5.74) is 0.319. The smallest absolute Gasteiger partial charge is 0.549 e. The van der Waals surface area contributed by atoms with E-state index in [1.165, 1.54) is 24.3 Å². The van der Waals surface area contributed by atoms with Crippen LogP contribution in [0.2, 0.25) is 5.02 Å². The third-order valence-corrected chi connectivity index (χ3v) is 6.26. The topological polar surface area (TPSA) is 75.7 Å². The fraction of sp³-hybridized carbons (Fsp3) is 0.259. The SMILES string of the molecule is O=C(CCCc1ccccc1C(F)(F)F)c1ccc(Oc2cc3c(cc2Cl)C(C(=O)[O-])CCO3)cc1.[Na+]. The summed E-state index contributed by atoms with van der Waals surface area (Å²) in [4.78, 5) is 23.9. The molecule has 1 unspecified atom stereocenters. The predicted molar refractivity (Wildman–Crippen MR) is 125 cm³/mol. The second-order valence-electron chi connectivity index (χ2n) is 8.39. The Hall–Kier alpha value is -2.52. The zero-order chi connectivity index (χ0) is 25.9. The summed E-state index contributed by atoms with van der Waals surface area (Å²) >= 11 is 6.29. The van der Waals surface area contributed by atoms with E-state index in [4.69, 9.17) is 21.1 Å². The van der Waals surface area contributed by atoms with Crippen LogP contribution in [0.25, 0.3) is 0 Å². The average molecular weight is 541 g/mol. The standard InChI is InChI=1S/C27H22ClF3O5.Na/c28-22-14-20-19(26(33)34)12-13-35-24(20)15-25(22)36-18-10-8-17(9-11-18)23(32)7-3-5-16-4-1-2-6-21(16)27(29,30)31;/h1-2,4,6,8-11,14-15,19H,3,5,7,12-13H2,(H,33,34);/q;+1/p-1. The van der Waals surface area contributed by atoms with Gasteiger partial charge < -0.3 is 19.4 Å². The van der Waals surface area contributed by atoms with Crippen molar-refractivity contribution in [2.24, 2.45) is 0 Å². The molecule has 0 saturated heterocycles. The molecule has 4 rings (SSSR count). The Labute approximate surface area is 238 Å². The Morgan fingerprint density at radius 3 is 2.46 bits per heavy atom. The maximum atomic E-state index is 13.1. The number of ketones is 1. The van der Waals surface area contributed by atoms with E-state index in [1.54, 1.807) is 30.3 Å². The van der Waals surface area contributed by atoms with Crippen LogP contribution in [0.5, 0.6) is 17.2 Å². The summed E-state index contributed by atoms with van der Waals surface area (Å²) in [7, 11) is 0. The van der Waals surface area contributed by atoms with Crippen LogP contribution in [0, 0.1) is 0 Å². The van der Waals surface area contributed by atoms with Gasteiger partial charge in [-0.1, -0.05) is 29.8 Å². The van der Waals surface area contributed by atoms with E-state index in [0.717, 1.165) is 6.07 Å². The molecule has 1 heterocycles. The van der Waals surface area contributed by atoms with E-state index in [2.05, 4.69) is 0 Å². The van der Waals surface area contributed by atoms with Gasteiger partial charge >= 0.3 is 35.7 Å². The van der Waals surface area contributed by atoms with Crippen LogP contribution in [-0.2, 0) is 17.4 Å².